The summed E-state index contributed by atoms with van der Waals surface area (Å²) in [6.45, 7) is 2.61. The minimum atomic E-state index is -0.198. The third kappa shape index (κ3) is 2.60. The monoisotopic (exact) mass is 265 g/mol. The summed E-state index contributed by atoms with van der Waals surface area (Å²) < 4.78 is 18.9. The topological polar surface area (TPSA) is 32.7 Å². The fraction of sp³-hybridized carbons (Fsp3) is 0.600. The van der Waals surface area contributed by atoms with E-state index in [1.54, 1.807) is 19.2 Å². The molecular formula is C15H20FNO2. The SMILES string of the molecule is COc1ccc(CN2C[C@H]3CC(O)C[C@H]3C2)c(F)c1. The quantitative estimate of drug-likeness (QED) is 0.907. The van der Waals surface area contributed by atoms with Gasteiger partial charge in [-0.2, -0.15) is 0 Å². The summed E-state index contributed by atoms with van der Waals surface area (Å²) in [7, 11) is 1.54. The molecule has 3 nitrogen and oxygen atoms in total. The van der Waals surface area contributed by atoms with Gasteiger partial charge in [0.25, 0.3) is 0 Å². The Morgan fingerprint density at radius 1 is 1.32 bits per heavy atom. The lowest BCUT2D eigenvalue weighted by atomic mass is 10.0. The van der Waals surface area contributed by atoms with Crippen molar-refractivity contribution in [2.24, 2.45) is 11.8 Å². The normalized spacial score (nSPS) is 30.6. The van der Waals surface area contributed by atoms with E-state index in [1.807, 2.05) is 0 Å². The summed E-state index contributed by atoms with van der Waals surface area (Å²) in [6.07, 6.45) is 1.70. The Balaban J connectivity index is 1.64. The zero-order chi connectivity index (χ0) is 13.4. The van der Waals surface area contributed by atoms with E-state index < -0.39 is 0 Å². The summed E-state index contributed by atoms with van der Waals surface area (Å²) in [5.74, 6) is 1.55. The number of likely N-dealkylation sites (tertiary alicyclic amines) is 1. The highest BCUT2D eigenvalue weighted by Crippen LogP contribution is 2.38. The molecule has 1 heterocycles. The summed E-state index contributed by atoms with van der Waals surface area (Å²) >= 11 is 0. The average Bonchev–Trinajstić information content (AvgIpc) is 2.88. The molecule has 1 unspecified atom stereocenters. The lowest BCUT2D eigenvalue weighted by Crippen LogP contribution is -2.23. The van der Waals surface area contributed by atoms with Crippen LogP contribution in [0.5, 0.6) is 5.75 Å². The highest BCUT2D eigenvalue weighted by atomic mass is 19.1. The molecule has 2 aliphatic rings. The number of hydrogen-bond acceptors (Lipinski definition) is 3. The van der Waals surface area contributed by atoms with Gasteiger partial charge in [0, 0.05) is 31.3 Å². The average molecular weight is 265 g/mol. The Bertz CT molecular complexity index is 451. The zero-order valence-electron chi connectivity index (χ0n) is 11.2. The Hall–Kier alpha value is -1.13. The van der Waals surface area contributed by atoms with Gasteiger partial charge in [-0.05, 0) is 30.7 Å². The summed E-state index contributed by atoms with van der Waals surface area (Å²) in [5, 5.41) is 9.62. The van der Waals surface area contributed by atoms with Crippen molar-refractivity contribution in [1.82, 2.24) is 4.90 Å². The van der Waals surface area contributed by atoms with Gasteiger partial charge < -0.3 is 9.84 Å². The van der Waals surface area contributed by atoms with Crippen molar-refractivity contribution in [3.8, 4) is 5.75 Å². The molecule has 104 valence electrons. The number of nitrogens with zero attached hydrogens (tertiary/aromatic N) is 1. The summed E-state index contributed by atoms with van der Waals surface area (Å²) in [5.41, 5.74) is 0.723. The first kappa shape index (κ1) is 12.9. The molecule has 19 heavy (non-hydrogen) atoms. The van der Waals surface area contributed by atoms with E-state index >= 15 is 0 Å². The molecule has 0 bridgehead atoms. The predicted octanol–water partition coefficient (Wildman–Crippen LogP) is 2.04. The number of methoxy groups -OCH3 is 1. The highest BCUT2D eigenvalue weighted by molar-refractivity contribution is 5.28. The number of benzene rings is 1. The van der Waals surface area contributed by atoms with Crippen LogP contribution in [-0.4, -0.2) is 36.3 Å². The molecule has 2 fully saturated rings. The van der Waals surface area contributed by atoms with Crippen molar-refractivity contribution < 1.29 is 14.2 Å². The first-order valence-electron chi connectivity index (χ1n) is 6.88. The van der Waals surface area contributed by atoms with Gasteiger partial charge in [-0.15, -0.1) is 0 Å². The molecule has 1 aliphatic carbocycles. The van der Waals surface area contributed by atoms with Crippen LogP contribution in [0, 0.1) is 17.7 Å². The Morgan fingerprint density at radius 3 is 2.58 bits per heavy atom. The van der Waals surface area contributed by atoms with Crippen LogP contribution in [0.15, 0.2) is 18.2 Å². The smallest absolute Gasteiger partial charge is 0.131 e. The lowest BCUT2D eigenvalue weighted by Gasteiger charge is -2.18. The van der Waals surface area contributed by atoms with E-state index in [9.17, 15) is 9.50 Å². The minimum Gasteiger partial charge on any atom is -0.497 e. The van der Waals surface area contributed by atoms with Gasteiger partial charge in [0.1, 0.15) is 11.6 Å². The van der Waals surface area contributed by atoms with Crippen LogP contribution >= 0.6 is 0 Å². The van der Waals surface area contributed by atoms with Crippen LogP contribution in [0.2, 0.25) is 0 Å². The predicted molar refractivity (Wildman–Crippen MR) is 70.4 cm³/mol. The number of halogens is 1. The molecule has 0 spiro atoms. The zero-order valence-corrected chi connectivity index (χ0v) is 11.2. The minimum absolute atomic E-state index is 0.116. The van der Waals surface area contributed by atoms with E-state index in [4.69, 9.17) is 4.74 Å². The second kappa shape index (κ2) is 5.10. The molecule has 3 atom stereocenters. The van der Waals surface area contributed by atoms with Crippen molar-refractivity contribution in [2.45, 2.75) is 25.5 Å². The van der Waals surface area contributed by atoms with Gasteiger partial charge in [0.2, 0.25) is 0 Å². The number of rotatable bonds is 3. The van der Waals surface area contributed by atoms with Gasteiger partial charge >= 0.3 is 0 Å². The molecular weight excluding hydrogens is 245 g/mol. The number of hydrogen-bond donors (Lipinski definition) is 1. The second-order valence-electron chi connectivity index (χ2n) is 5.80. The Morgan fingerprint density at radius 2 is 2.00 bits per heavy atom. The van der Waals surface area contributed by atoms with Gasteiger partial charge in [-0.25, -0.2) is 4.39 Å². The standard InChI is InChI=1S/C15H20FNO2/c1-19-14-3-2-10(15(16)6-14)7-17-8-11-4-13(18)5-12(11)9-17/h2-3,6,11-13,18H,4-5,7-9H2,1H3/t11-,12+,13?. The van der Waals surface area contributed by atoms with Gasteiger partial charge in [0.15, 0.2) is 0 Å². The summed E-state index contributed by atoms with van der Waals surface area (Å²) in [6, 6.07) is 5.05. The van der Waals surface area contributed by atoms with Gasteiger partial charge in [-0.1, -0.05) is 6.07 Å². The first-order chi connectivity index (χ1) is 9.15. The lowest BCUT2D eigenvalue weighted by molar-refractivity contribution is 0.161. The third-order valence-electron chi connectivity index (χ3n) is 4.46. The molecule has 0 aromatic heterocycles. The van der Waals surface area contributed by atoms with Crippen molar-refractivity contribution in [2.75, 3.05) is 20.2 Å². The van der Waals surface area contributed by atoms with Crippen molar-refractivity contribution in [1.29, 1.82) is 0 Å². The third-order valence-corrected chi connectivity index (χ3v) is 4.46. The maximum absolute atomic E-state index is 13.9. The molecule has 1 N–H and O–H groups in total. The van der Waals surface area contributed by atoms with Crippen molar-refractivity contribution in [3.05, 3.63) is 29.6 Å². The van der Waals surface area contributed by atoms with Crippen molar-refractivity contribution >= 4 is 0 Å². The van der Waals surface area contributed by atoms with E-state index in [-0.39, 0.29) is 11.9 Å². The molecule has 1 aromatic rings. The molecule has 1 saturated carbocycles. The Labute approximate surface area is 113 Å². The highest BCUT2D eigenvalue weighted by Gasteiger charge is 2.40. The number of aliphatic hydroxyl groups is 1. The van der Waals surface area contributed by atoms with E-state index in [1.165, 1.54) is 6.07 Å². The first-order valence-corrected chi connectivity index (χ1v) is 6.88. The maximum Gasteiger partial charge on any atom is 0.131 e. The van der Waals surface area contributed by atoms with Gasteiger partial charge in [0.05, 0.1) is 13.2 Å². The number of fused-ring (bicyclic) bond motifs is 1. The van der Waals surface area contributed by atoms with Crippen LogP contribution in [0.25, 0.3) is 0 Å². The second-order valence-corrected chi connectivity index (χ2v) is 5.80. The molecule has 0 radical (unpaired) electrons. The fourth-order valence-electron chi connectivity index (χ4n) is 3.52. The largest absolute Gasteiger partial charge is 0.497 e. The molecule has 0 amide bonds. The van der Waals surface area contributed by atoms with Gasteiger partial charge in [-0.3, -0.25) is 4.90 Å². The van der Waals surface area contributed by atoms with E-state index in [0.29, 0.717) is 24.1 Å². The molecule has 1 aromatic carbocycles. The van der Waals surface area contributed by atoms with Crippen molar-refractivity contribution in [3.63, 3.8) is 0 Å². The van der Waals surface area contributed by atoms with Crippen LogP contribution in [0.1, 0.15) is 18.4 Å². The Kier molecular flexibility index (Phi) is 3.46. The number of ether oxygens (including phenoxy) is 1. The molecule has 1 saturated heterocycles. The van der Waals surface area contributed by atoms with Crippen LogP contribution < -0.4 is 4.74 Å². The van der Waals surface area contributed by atoms with Crippen LogP contribution in [0.3, 0.4) is 0 Å². The van der Waals surface area contributed by atoms with Crippen LogP contribution in [0.4, 0.5) is 4.39 Å². The van der Waals surface area contributed by atoms with E-state index in [0.717, 1.165) is 31.5 Å². The summed E-state index contributed by atoms with van der Waals surface area (Å²) in [4.78, 5) is 2.30. The van der Waals surface area contributed by atoms with Crippen LogP contribution in [-0.2, 0) is 6.54 Å². The number of aliphatic hydroxyl groups excluding tert-OH is 1. The fourth-order valence-corrected chi connectivity index (χ4v) is 3.52. The molecule has 1 aliphatic heterocycles. The molecule has 3 rings (SSSR count). The van der Waals surface area contributed by atoms with E-state index in [2.05, 4.69) is 4.90 Å². The molecule has 4 heteroatoms. The maximum atomic E-state index is 13.9.